The van der Waals surface area contributed by atoms with E-state index in [9.17, 15) is 0 Å². The summed E-state index contributed by atoms with van der Waals surface area (Å²) in [5.41, 5.74) is 0.526. The minimum Gasteiger partial charge on any atom is -0.356 e. The van der Waals surface area contributed by atoms with Crippen LogP contribution in [0.4, 0.5) is 0 Å². The summed E-state index contributed by atoms with van der Waals surface area (Å²) in [5, 5.41) is 7.13. The first-order valence-electron chi connectivity index (χ1n) is 9.24. The van der Waals surface area contributed by atoms with Crippen molar-refractivity contribution in [2.45, 2.75) is 52.9 Å². The third kappa shape index (κ3) is 4.87. The van der Waals surface area contributed by atoms with Crippen LogP contribution in [0.3, 0.4) is 0 Å². The SMILES string of the molecule is CCN1CCC(CNC(=NC)NCC2(CC(C)C)CCC2)C1. The second-order valence-corrected chi connectivity index (χ2v) is 7.81. The Hall–Kier alpha value is -0.770. The first kappa shape index (κ1) is 17.6. The van der Waals surface area contributed by atoms with Crippen molar-refractivity contribution < 1.29 is 0 Å². The van der Waals surface area contributed by atoms with Crippen molar-refractivity contribution in [3.63, 3.8) is 0 Å². The lowest BCUT2D eigenvalue weighted by Crippen LogP contribution is -2.47. The van der Waals surface area contributed by atoms with Gasteiger partial charge < -0.3 is 15.5 Å². The van der Waals surface area contributed by atoms with Gasteiger partial charge in [0.05, 0.1) is 0 Å². The summed E-state index contributed by atoms with van der Waals surface area (Å²) in [6, 6.07) is 0. The first-order chi connectivity index (χ1) is 10.6. The van der Waals surface area contributed by atoms with Crippen LogP contribution in [0.2, 0.25) is 0 Å². The fourth-order valence-corrected chi connectivity index (χ4v) is 4.10. The van der Waals surface area contributed by atoms with E-state index in [-0.39, 0.29) is 0 Å². The zero-order chi connectivity index (χ0) is 16.0. The zero-order valence-electron chi connectivity index (χ0n) is 15.1. The van der Waals surface area contributed by atoms with Crippen molar-refractivity contribution in [3.8, 4) is 0 Å². The highest BCUT2D eigenvalue weighted by Crippen LogP contribution is 2.45. The topological polar surface area (TPSA) is 39.7 Å². The number of hydrogen-bond donors (Lipinski definition) is 2. The Morgan fingerprint density at radius 2 is 2.09 bits per heavy atom. The standard InChI is InChI=1S/C18H36N4/c1-5-22-10-7-16(13-22)12-20-17(19-4)21-14-18(8-6-9-18)11-15(2)3/h15-16H,5-14H2,1-4H3,(H2,19,20,21). The second-order valence-electron chi connectivity index (χ2n) is 7.81. The van der Waals surface area contributed by atoms with Crippen LogP contribution in [-0.4, -0.2) is 50.6 Å². The van der Waals surface area contributed by atoms with Crippen LogP contribution >= 0.6 is 0 Å². The Morgan fingerprint density at radius 1 is 1.32 bits per heavy atom. The van der Waals surface area contributed by atoms with E-state index in [1.807, 2.05) is 7.05 Å². The minimum absolute atomic E-state index is 0.526. The van der Waals surface area contributed by atoms with Crippen LogP contribution < -0.4 is 10.6 Å². The third-order valence-electron chi connectivity index (χ3n) is 5.49. The molecule has 128 valence electrons. The van der Waals surface area contributed by atoms with E-state index in [0.29, 0.717) is 5.41 Å². The van der Waals surface area contributed by atoms with Crippen molar-refractivity contribution >= 4 is 5.96 Å². The van der Waals surface area contributed by atoms with Crippen LogP contribution in [0.5, 0.6) is 0 Å². The molecule has 1 atom stereocenters. The Balaban J connectivity index is 1.71. The quantitative estimate of drug-likeness (QED) is 0.561. The third-order valence-corrected chi connectivity index (χ3v) is 5.49. The summed E-state index contributed by atoms with van der Waals surface area (Å²) < 4.78 is 0. The predicted octanol–water partition coefficient (Wildman–Crippen LogP) is 2.71. The van der Waals surface area contributed by atoms with Crippen LogP contribution in [-0.2, 0) is 0 Å². The normalized spacial score (nSPS) is 25.3. The second kappa shape index (κ2) is 8.19. The molecule has 1 saturated heterocycles. The van der Waals surface area contributed by atoms with Crippen molar-refractivity contribution in [3.05, 3.63) is 0 Å². The molecule has 4 nitrogen and oxygen atoms in total. The van der Waals surface area contributed by atoms with Gasteiger partial charge in [0.2, 0.25) is 0 Å². The van der Waals surface area contributed by atoms with E-state index in [0.717, 1.165) is 30.9 Å². The fraction of sp³-hybridized carbons (Fsp3) is 0.944. The first-order valence-corrected chi connectivity index (χ1v) is 9.24. The van der Waals surface area contributed by atoms with Crippen LogP contribution in [0.15, 0.2) is 4.99 Å². The molecule has 0 aromatic carbocycles. The van der Waals surface area contributed by atoms with E-state index in [4.69, 9.17) is 0 Å². The lowest BCUT2D eigenvalue weighted by Gasteiger charge is -2.43. The average molecular weight is 309 g/mol. The van der Waals surface area contributed by atoms with Gasteiger partial charge in [0, 0.05) is 26.7 Å². The van der Waals surface area contributed by atoms with Crippen molar-refractivity contribution in [2.75, 3.05) is 39.8 Å². The molecule has 0 aromatic rings. The lowest BCUT2D eigenvalue weighted by atomic mass is 9.64. The van der Waals surface area contributed by atoms with Gasteiger partial charge in [-0.25, -0.2) is 0 Å². The lowest BCUT2D eigenvalue weighted by molar-refractivity contribution is 0.104. The predicted molar refractivity (Wildman–Crippen MR) is 95.3 cm³/mol. The largest absolute Gasteiger partial charge is 0.356 e. The molecule has 1 heterocycles. The Kier molecular flexibility index (Phi) is 6.54. The molecule has 0 amide bonds. The van der Waals surface area contributed by atoms with Gasteiger partial charge >= 0.3 is 0 Å². The summed E-state index contributed by atoms with van der Waals surface area (Å²) in [4.78, 5) is 6.95. The summed E-state index contributed by atoms with van der Waals surface area (Å²) in [7, 11) is 1.89. The summed E-state index contributed by atoms with van der Waals surface area (Å²) in [5.74, 6) is 2.55. The van der Waals surface area contributed by atoms with Gasteiger partial charge in [0.15, 0.2) is 5.96 Å². The Labute approximate surface area is 137 Å². The molecule has 0 bridgehead atoms. The number of nitrogens with zero attached hydrogens (tertiary/aromatic N) is 2. The van der Waals surface area contributed by atoms with Gasteiger partial charge in [-0.3, -0.25) is 4.99 Å². The average Bonchev–Trinajstić information content (AvgIpc) is 2.92. The molecule has 22 heavy (non-hydrogen) atoms. The minimum atomic E-state index is 0.526. The molecule has 0 radical (unpaired) electrons. The van der Waals surface area contributed by atoms with Gasteiger partial charge in [-0.05, 0) is 56.0 Å². The Bertz CT molecular complexity index is 360. The molecule has 0 aromatic heterocycles. The van der Waals surface area contributed by atoms with Crippen LogP contribution in [0, 0.1) is 17.3 Å². The number of likely N-dealkylation sites (tertiary alicyclic amines) is 1. The van der Waals surface area contributed by atoms with Gasteiger partial charge in [-0.15, -0.1) is 0 Å². The maximum absolute atomic E-state index is 4.41. The highest BCUT2D eigenvalue weighted by atomic mass is 15.2. The van der Waals surface area contributed by atoms with E-state index in [1.165, 1.54) is 51.7 Å². The van der Waals surface area contributed by atoms with E-state index >= 15 is 0 Å². The summed E-state index contributed by atoms with van der Waals surface area (Å²) in [6.45, 7) is 12.7. The monoisotopic (exact) mass is 308 g/mol. The summed E-state index contributed by atoms with van der Waals surface area (Å²) >= 11 is 0. The van der Waals surface area contributed by atoms with Crippen LogP contribution in [0.1, 0.15) is 52.9 Å². The molecule has 4 heteroatoms. The smallest absolute Gasteiger partial charge is 0.191 e. The molecule has 1 aliphatic carbocycles. The van der Waals surface area contributed by atoms with Gasteiger partial charge in [0.1, 0.15) is 0 Å². The number of nitrogens with one attached hydrogen (secondary N) is 2. The molecule has 2 aliphatic rings. The highest BCUT2D eigenvalue weighted by molar-refractivity contribution is 5.79. The van der Waals surface area contributed by atoms with Crippen molar-refractivity contribution in [1.29, 1.82) is 0 Å². The number of aliphatic imine (C=N–C) groups is 1. The molecule has 2 rings (SSSR count). The fourth-order valence-electron chi connectivity index (χ4n) is 4.10. The zero-order valence-corrected chi connectivity index (χ0v) is 15.1. The van der Waals surface area contributed by atoms with Gasteiger partial charge in [-0.2, -0.15) is 0 Å². The number of guanidine groups is 1. The maximum atomic E-state index is 4.41. The van der Waals surface area contributed by atoms with E-state index < -0.39 is 0 Å². The molecular weight excluding hydrogens is 272 g/mol. The highest BCUT2D eigenvalue weighted by Gasteiger charge is 2.37. The van der Waals surface area contributed by atoms with Crippen molar-refractivity contribution in [2.24, 2.45) is 22.2 Å². The number of rotatable bonds is 7. The van der Waals surface area contributed by atoms with Gasteiger partial charge in [-0.1, -0.05) is 27.2 Å². The molecular formula is C18H36N4. The van der Waals surface area contributed by atoms with Gasteiger partial charge in [0.25, 0.3) is 0 Å². The molecule has 1 saturated carbocycles. The molecule has 2 N–H and O–H groups in total. The maximum Gasteiger partial charge on any atom is 0.191 e. The molecule has 0 spiro atoms. The van der Waals surface area contributed by atoms with Crippen molar-refractivity contribution in [1.82, 2.24) is 15.5 Å². The molecule has 1 aliphatic heterocycles. The molecule has 2 fully saturated rings. The van der Waals surface area contributed by atoms with E-state index in [2.05, 4.69) is 41.3 Å². The van der Waals surface area contributed by atoms with Crippen LogP contribution in [0.25, 0.3) is 0 Å². The molecule has 1 unspecified atom stereocenters. The Morgan fingerprint density at radius 3 is 2.59 bits per heavy atom. The number of hydrogen-bond acceptors (Lipinski definition) is 2. The van der Waals surface area contributed by atoms with E-state index in [1.54, 1.807) is 0 Å². The summed E-state index contributed by atoms with van der Waals surface area (Å²) in [6.07, 6.45) is 6.81.